The van der Waals surface area contributed by atoms with Crippen molar-refractivity contribution >= 4 is 17.5 Å². The van der Waals surface area contributed by atoms with Crippen LogP contribution in [0.5, 0.6) is 0 Å². The molecule has 21 heavy (non-hydrogen) atoms. The average Bonchev–Trinajstić information content (AvgIpc) is 3.02. The van der Waals surface area contributed by atoms with Crippen molar-refractivity contribution in [3.05, 3.63) is 54.0 Å². The second-order valence-corrected chi connectivity index (χ2v) is 4.62. The van der Waals surface area contributed by atoms with Crippen LogP contribution in [0.4, 0.5) is 5.69 Å². The predicted molar refractivity (Wildman–Crippen MR) is 80.3 cm³/mol. The standard InChI is InChI=1S/C16H18N2O3/c1-2-3-9-17-15(19)12-6-4-7-13(11-12)18-16(20)14-8-5-10-21-14/h4-8,10-11H,2-3,9H2,1H3,(H,17,19)(H,18,20). The molecule has 0 atom stereocenters. The van der Waals surface area contributed by atoms with Gasteiger partial charge in [-0.25, -0.2) is 0 Å². The molecule has 2 N–H and O–H groups in total. The zero-order valence-corrected chi connectivity index (χ0v) is 11.9. The average molecular weight is 286 g/mol. The van der Waals surface area contributed by atoms with Crippen LogP contribution in [0.15, 0.2) is 47.1 Å². The van der Waals surface area contributed by atoms with Crippen molar-refractivity contribution in [1.82, 2.24) is 5.32 Å². The number of hydrogen-bond donors (Lipinski definition) is 2. The second-order valence-electron chi connectivity index (χ2n) is 4.62. The summed E-state index contributed by atoms with van der Waals surface area (Å²) in [6.45, 7) is 2.72. The lowest BCUT2D eigenvalue weighted by Gasteiger charge is -2.07. The topological polar surface area (TPSA) is 71.3 Å². The molecule has 110 valence electrons. The van der Waals surface area contributed by atoms with Crippen molar-refractivity contribution in [3.8, 4) is 0 Å². The van der Waals surface area contributed by atoms with E-state index in [9.17, 15) is 9.59 Å². The molecular weight excluding hydrogens is 268 g/mol. The van der Waals surface area contributed by atoms with Crippen LogP contribution in [-0.2, 0) is 0 Å². The SMILES string of the molecule is CCCCNC(=O)c1cccc(NC(=O)c2ccco2)c1. The molecule has 2 rings (SSSR count). The Morgan fingerprint density at radius 1 is 1.14 bits per heavy atom. The van der Waals surface area contributed by atoms with E-state index in [-0.39, 0.29) is 17.6 Å². The molecule has 0 saturated heterocycles. The Labute approximate surface area is 123 Å². The summed E-state index contributed by atoms with van der Waals surface area (Å²) in [4.78, 5) is 23.8. The summed E-state index contributed by atoms with van der Waals surface area (Å²) >= 11 is 0. The van der Waals surface area contributed by atoms with Crippen LogP contribution in [0, 0.1) is 0 Å². The van der Waals surface area contributed by atoms with Crippen LogP contribution < -0.4 is 10.6 Å². The molecular formula is C16H18N2O3. The van der Waals surface area contributed by atoms with E-state index in [4.69, 9.17) is 4.42 Å². The number of benzene rings is 1. The Morgan fingerprint density at radius 2 is 2.00 bits per heavy atom. The lowest BCUT2D eigenvalue weighted by Crippen LogP contribution is -2.24. The maximum atomic E-state index is 11.9. The first-order chi connectivity index (χ1) is 10.2. The lowest BCUT2D eigenvalue weighted by atomic mass is 10.2. The normalized spacial score (nSPS) is 10.1. The van der Waals surface area contributed by atoms with Gasteiger partial charge in [-0.1, -0.05) is 19.4 Å². The molecule has 1 aromatic heterocycles. The monoisotopic (exact) mass is 286 g/mol. The molecule has 1 aromatic carbocycles. The maximum Gasteiger partial charge on any atom is 0.291 e. The van der Waals surface area contributed by atoms with Gasteiger partial charge in [-0.15, -0.1) is 0 Å². The fourth-order valence-electron chi connectivity index (χ4n) is 1.82. The van der Waals surface area contributed by atoms with Crippen LogP contribution in [-0.4, -0.2) is 18.4 Å². The van der Waals surface area contributed by atoms with Gasteiger partial charge in [0.25, 0.3) is 11.8 Å². The van der Waals surface area contributed by atoms with Crippen molar-refractivity contribution < 1.29 is 14.0 Å². The molecule has 0 aliphatic heterocycles. The Morgan fingerprint density at radius 3 is 2.71 bits per heavy atom. The number of unbranched alkanes of at least 4 members (excludes halogenated alkanes) is 1. The van der Waals surface area contributed by atoms with Gasteiger partial charge in [0.2, 0.25) is 0 Å². The molecule has 1 heterocycles. The number of hydrogen-bond acceptors (Lipinski definition) is 3. The van der Waals surface area contributed by atoms with E-state index in [1.54, 1.807) is 36.4 Å². The molecule has 5 heteroatoms. The zero-order valence-electron chi connectivity index (χ0n) is 11.9. The largest absolute Gasteiger partial charge is 0.459 e. The summed E-state index contributed by atoms with van der Waals surface area (Å²) in [6, 6.07) is 10.0. The minimum atomic E-state index is -0.344. The van der Waals surface area contributed by atoms with Crippen molar-refractivity contribution in [2.45, 2.75) is 19.8 Å². The van der Waals surface area contributed by atoms with Crippen LogP contribution in [0.25, 0.3) is 0 Å². The van der Waals surface area contributed by atoms with Gasteiger partial charge in [0.05, 0.1) is 6.26 Å². The Bertz CT molecular complexity index is 606. The Kier molecular flexibility index (Phi) is 5.15. The molecule has 2 amide bonds. The molecule has 0 aliphatic rings. The van der Waals surface area contributed by atoms with E-state index in [1.165, 1.54) is 6.26 Å². The summed E-state index contributed by atoms with van der Waals surface area (Å²) in [7, 11) is 0. The van der Waals surface area contributed by atoms with E-state index < -0.39 is 0 Å². The minimum absolute atomic E-state index is 0.141. The van der Waals surface area contributed by atoms with Gasteiger partial charge in [0, 0.05) is 17.8 Å². The minimum Gasteiger partial charge on any atom is -0.459 e. The first kappa shape index (κ1) is 14.8. The summed E-state index contributed by atoms with van der Waals surface area (Å²) in [5.41, 5.74) is 1.07. The quantitative estimate of drug-likeness (QED) is 0.802. The second kappa shape index (κ2) is 7.28. The van der Waals surface area contributed by atoms with Crippen LogP contribution in [0.3, 0.4) is 0 Å². The molecule has 0 fully saturated rings. The fraction of sp³-hybridized carbons (Fsp3) is 0.250. The third-order valence-corrected chi connectivity index (χ3v) is 2.94. The number of carbonyl (C=O) groups excluding carboxylic acids is 2. The summed E-state index contributed by atoms with van der Waals surface area (Å²) in [5.74, 6) is -0.256. The molecule has 0 radical (unpaired) electrons. The smallest absolute Gasteiger partial charge is 0.291 e. The van der Waals surface area contributed by atoms with Gasteiger partial charge in [-0.05, 0) is 36.8 Å². The molecule has 0 spiro atoms. The number of furan rings is 1. The number of rotatable bonds is 6. The highest BCUT2D eigenvalue weighted by Crippen LogP contribution is 2.12. The van der Waals surface area contributed by atoms with Crippen LogP contribution in [0.2, 0.25) is 0 Å². The third-order valence-electron chi connectivity index (χ3n) is 2.94. The van der Waals surface area contributed by atoms with Crippen LogP contribution in [0.1, 0.15) is 40.7 Å². The first-order valence-electron chi connectivity index (χ1n) is 6.94. The number of anilines is 1. The van der Waals surface area contributed by atoms with E-state index in [0.29, 0.717) is 17.8 Å². The fourth-order valence-corrected chi connectivity index (χ4v) is 1.82. The molecule has 0 aliphatic carbocycles. The molecule has 2 aromatic rings. The predicted octanol–water partition coefficient (Wildman–Crippen LogP) is 3.06. The lowest BCUT2D eigenvalue weighted by molar-refractivity contribution is 0.0951. The van der Waals surface area contributed by atoms with Gasteiger partial charge in [0.1, 0.15) is 0 Å². The summed E-state index contributed by atoms with van der Waals surface area (Å²) in [6.07, 6.45) is 3.41. The van der Waals surface area contributed by atoms with E-state index in [1.807, 2.05) is 0 Å². The molecule has 0 saturated carbocycles. The highest BCUT2D eigenvalue weighted by Gasteiger charge is 2.10. The first-order valence-corrected chi connectivity index (χ1v) is 6.94. The maximum absolute atomic E-state index is 11.9. The third kappa shape index (κ3) is 4.21. The van der Waals surface area contributed by atoms with Crippen molar-refractivity contribution in [2.75, 3.05) is 11.9 Å². The summed E-state index contributed by atoms with van der Waals surface area (Å²) in [5, 5.41) is 5.53. The van der Waals surface area contributed by atoms with Gasteiger partial charge < -0.3 is 15.1 Å². The molecule has 5 nitrogen and oxygen atoms in total. The van der Waals surface area contributed by atoms with Crippen molar-refractivity contribution in [1.29, 1.82) is 0 Å². The highest BCUT2D eigenvalue weighted by molar-refractivity contribution is 6.03. The van der Waals surface area contributed by atoms with Gasteiger partial charge in [0.15, 0.2) is 5.76 Å². The molecule has 0 unspecified atom stereocenters. The van der Waals surface area contributed by atoms with Crippen molar-refractivity contribution in [2.24, 2.45) is 0 Å². The van der Waals surface area contributed by atoms with Gasteiger partial charge in [-0.2, -0.15) is 0 Å². The van der Waals surface area contributed by atoms with Gasteiger partial charge >= 0.3 is 0 Å². The Hall–Kier alpha value is -2.56. The molecule has 0 bridgehead atoms. The number of carbonyl (C=O) groups is 2. The Balaban J connectivity index is 2.00. The van der Waals surface area contributed by atoms with Crippen LogP contribution >= 0.6 is 0 Å². The van der Waals surface area contributed by atoms with E-state index in [2.05, 4.69) is 17.6 Å². The highest BCUT2D eigenvalue weighted by atomic mass is 16.3. The van der Waals surface area contributed by atoms with Gasteiger partial charge in [-0.3, -0.25) is 9.59 Å². The zero-order chi connectivity index (χ0) is 15.1. The number of nitrogens with one attached hydrogen (secondary N) is 2. The number of amides is 2. The van der Waals surface area contributed by atoms with E-state index >= 15 is 0 Å². The summed E-state index contributed by atoms with van der Waals surface area (Å²) < 4.78 is 5.02. The van der Waals surface area contributed by atoms with Crippen molar-refractivity contribution in [3.63, 3.8) is 0 Å². The van der Waals surface area contributed by atoms with E-state index in [0.717, 1.165) is 12.8 Å².